The number of hydrogen-bond acceptors (Lipinski definition) is 9. The summed E-state index contributed by atoms with van der Waals surface area (Å²) in [6.45, 7) is 2.72. The zero-order valence-electron chi connectivity index (χ0n) is 19.2. The minimum atomic E-state index is -0.628. The molecule has 180 valence electrons. The van der Waals surface area contributed by atoms with Crippen LogP contribution in [0.3, 0.4) is 0 Å². The Morgan fingerprint density at radius 3 is 2.66 bits per heavy atom. The third-order valence-electron chi connectivity index (χ3n) is 5.68. The van der Waals surface area contributed by atoms with E-state index in [1.54, 1.807) is 37.8 Å². The summed E-state index contributed by atoms with van der Waals surface area (Å²) in [4.78, 5) is 31.3. The minimum absolute atomic E-state index is 0.143. The highest BCUT2D eigenvalue weighted by molar-refractivity contribution is 6.33. The monoisotopic (exact) mass is 493 g/mol. The second kappa shape index (κ2) is 9.67. The Labute approximate surface area is 206 Å². The van der Waals surface area contributed by atoms with E-state index in [2.05, 4.69) is 25.3 Å². The molecular weight excluding hydrogens is 470 g/mol. The number of nitrogens with zero attached hydrogens (tertiary/aromatic N) is 5. The standard InChI is InChI=1S/C24H24ClN7O3/c1-13-7-28-9-20(30-13)14-3-4-17(19(25)6-14)18-5-15-8-29-24(27-2)31-22(15)32(23(18)33)10-21-34-11-16(26)12-35-21/h3-9,16,21H,10-12,26H2,1-2H3,(H,27,29,31)/t16-,21-. The molecule has 1 aromatic carbocycles. The number of aryl methyl sites for hydroxylation is 1. The normalized spacial score (nSPS) is 18.1. The van der Waals surface area contributed by atoms with Crippen LogP contribution in [0.25, 0.3) is 33.4 Å². The number of nitrogens with two attached hydrogens (primary N) is 1. The van der Waals surface area contributed by atoms with Crippen molar-refractivity contribution in [2.45, 2.75) is 25.8 Å². The first-order valence-corrected chi connectivity index (χ1v) is 11.5. The summed E-state index contributed by atoms with van der Waals surface area (Å²) in [7, 11) is 1.71. The number of aromatic nitrogens is 5. The maximum Gasteiger partial charge on any atom is 0.260 e. The molecule has 0 bridgehead atoms. The van der Waals surface area contributed by atoms with Gasteiger partial charge in [-0.3, -0.25) is 14.3 Å². The third-order valence-corrected chi connectivity index (χ3v) is 6.00. The van der Waals surface area contributed by atoms with Gasteiger partial charge in [0.25, 0.3) is 5.56 Å². The molecule has 5 rings (SSSR count). The minimum Gasteiger partial charge on any atom is -0.357 e. The number of nitrogens with one attached hydrogen (secondary N) is 1. The molecule has 0 radical (unpaired) electrons. The van der Waals surface area contributed by atoms with Crippen molar-refractivity contribution < 1.29 is 9.47 Å². The van der Waals surface area contributed by atoms with Gasteiger partial charge in [0.1, 0.15) is 5.65 Å². The lowest BCUT2D eigenvalue weighted by Gasteiger charge is -2.28. The number of ether oxygens (including phenoxy) is 2. The second-order valence-electron chi connectivity index (χ2n) is 8.29. The van der Waals surface area contributed by atoms with Crippen molar-refractivity contribution in [2.24, 2.45) is 5.73 Å². The van der Waals surface area contributed by atoms with Crippen LogP contribution in [-0.2, 0) is 16.0 Å². The van der Waals surface area contributed by atoms with Crippen LogP contribution in [0.2, 0.25) is 5.02 Å². The van der Waals surface area contributed by atoms with E-state index in [-0.39, 0.29) is 18.1 Å². The van der Waals surface area contributed by atoms with Gasteiger partial charge in [0.2, 0.25) is 5.95 Å². The van der Waals surface area contributed by atoms with Gasteiger partial charge in [0, 0.05) is 46.5 Å². The molecule has 1 aliphatic rings. The summed E-state index contributed by atoms with van der Waals surface area (Å²) >= 11 is 6.68. The Morgan fingerprint density at radius 2 is 1.94 bits per heavy atom. The molecule has 10 nitrogen and oxygen atoms in total. The number of hydrogen-bond donors (Lipinski definition) is 2. The highest BCUT2D eigenvalue weighted by atomic mass is 35.5. The largest absolute Gasteiger partial charge is 0.357 e. The number of pyridine rings is 1. The molecule has 35 heavy (non-hydrogen) atoms. The molecule has 1 saturated heterocycles. The van der Waals surface area contributed by atoms with E-state index < -0.39 is 6.29 Å². The summed E-state index contributed by atoms with van der Waals surface area (Å²) in [5, 5.41) is 4.00. The molecule has 0 atom stereocenters. The highest BCUT2D eigenvalue weighted by Crippen LogP contribution is 2.31. The van der Waals surface area contributed by atoms with Crippen LogP contribution in [-0.4, -0.2) is 57.1 Å². The molecule has 0 unspecified atom stereocenters. The SMILES string of the molecule is CNc1ncc2cc(-c3ccc(-c4cncc(C)n4)cc3Cl)c(=O)n(C[C@H]3OC[C@H](N)CO3)c2n1. The lowest BCUT2D eigenvalue weighted by atomic mass is 10.0. The van der Waals surface area contributed by atoms with Crippen LogP contribution in [0.15, 0.2) is 47.7 Å². The van der Waals surface area contributed by atoms with Crippen LogP contribution < -0.4 is 16.6 Å². The van der Waals surface area contributed by atoms with E-state index in [1.165, 1.54) is 4.57 Å². The molecule has 0 amide bonds. The van der Waals surface area contributed by atoms with Crippen molar-refractivity contribution in [3.8, 4) is 22.4 Å². The Balaban J connectivity index is 1.61. The lowest BCUT2D eigenvalue weighted by molar-refractivity contribution is -0.191. The molecule has 4 heterocycles. The number of anilines is 1. The van der Waals surface area contributed by atoms with Crippen molar-refractivity contribution in [1.82, 2.24) is 24.5 Å². The summed E-state index contributed by atoms with van der Waals surface area (Å²) in [6, 6.07) is 7.01. The van der Waals surface area contributed by atoms with E-state index in [1.807, 2.05) is 19.1 Å². The fourth-order valence-corrected chi connectivity index (χ4v) is 4.23. The fraction of sp³-hybridized carbons (Fsp3) is 0.292. The molecule has 0 aliphatic carbocycles. The molecule has 0 saturated carbocycles. The Hall–Kier alpha value is -3.44. The number of benzene rings is 1. The smallest absolute Gasteiger partial charge is 0.260 e. The van der Waals surface area contributed by atoms with Crippen molar-refractivity contribution >= 4 is 28.6 Å². The van der Waals surface area contributed by atoms with Gasteiger partial charge in [0.05, 0.1) is 43.4 Å². The lowest BCUT2D eigenvalue weighted by Crippen LogP contribution is -2.43. The van der Waals surface area contributed by atoms with Gasteiger partial charge < -0.3 is 20.5 Å². The zero-order valence-corrected chi connectivity index (χ0v) is 20.0. The maximum absolute atomic E-state index is 13.7. The van der Waals surface area contributed by atoms with E-state index in [9.17, 15) is 4.79 Å². The topological polar surface area (TPSA) is 130 Å². The van der Waals surface area contributed by atoms with Gasteiger partial charge in [-0.25, -0.2) is 9.97 Å². The molecule has 3 aromatic heterocycles. The zero-order chi connectivity index (χ0) is 24.5. The van der Waals surface area contributed by atoms with Gasteiger partial charge >= 0.3 is 0 Å². The summed E-state index contributed by atoms with van der Waals surface area (Å²) < 4.78 is 12.9. The predicted molar refractivity (Wildman–Crippen MR) is 133 cm³/mol. The van der Waals surface area contributed by atoms with E-state index in [4.69, 9.17) is 26.8 Å². The Kier molecular flexibility index (Phi) is 6.44. The van der Waals surface area contributed by atoms with E-state index in [0.717, 1.165) is 11.3 Å². The van der Waals surface area contributed by atoms with Gasteiger partial charge in [-0.05, 0) is 19.1 Å². The third kappa shape index (κ3) is 4.73. The van der Waals surface area contributed by atoms with Crippen molar-refractivity contribution in [2.75, 3.05) is 25.6 Å². The van der Waals surface area contributed by atoms with Crippen LogP contribution in [0.1, 0.15) is 5.69 Å². The van der Waals surface area contributed by atoms with Crippen LogP contribution in [0.5, 0.6) is 0 Å². The van der Waals surface area contributed by atoms with Gasteiger partial charge in [-0.2, -0.15) is 4.98 Å². The summed E-state index contributed by atoms with van der Waals surface area (Å²) in [6.07, 6.45) is 4.40. The average Bonchev–Trinajstić information content (AvgIpc) is 2.86. The first-order chi connectivity index (χ1) is 16.9. The fourth-order valence-electron chi connectivity index (χ4n) is 3.95. The van der Waals surface area contributed by atoms with Gasteiger partial charge in [0.15, 0.2) is 6.29 Å². The molecular formula is C24H24ClN7O3. The number of halogens is 1. The van der Waals surface area contributed by atoms with E-state index >= 15 is 0 Å². The van der Waals surface area contributed by atoms with E-state index in [0.29, 0.717) is 52.0 Å². The molecule has 3 N–H and O–H groups in total. The molecule has 4 aromatic rings. The number of fused-ring (bicyclic) bond motifs is 1. The van der Waals surface area contributed by atoms with Gasteiger partial charge in [-0.1, -0.05) is 23.7 Å². The van der Waals surface area contributed by atoms with Crippen LogP contribution in [0, 0.1) is 6.92 Å². The molecule has 1 aliphatic heterocycles. The first kappa shape index (κ1) is 23.3. The maximum atomic E-state index is 13.7. The molecule has 11 heteroatoms. The number of rotatable bonds is 5. The summed E-state index contributed by atoms with van der Waals surface area (Å²) in [5.74, 6) is 0.396. The van der Waals surface area contributed by atoms with Crippen LogP contribution in [0.4, 0.5) is 5.95 Å². The summed E-state index contributed by atoms with van der Waals surface area (Å²) in [5.41, 5.74) is 9.35. The Morgan fingerprint density at radius 1 is 1.14 bits per heavy atom. The van der Waals surface area contributed by atoms with Gasteiger partial charge in [-0.15, -0.1) is 0 Å². The highest BCUT2D eigenvalue weighted by Gasteiger charge is 2.23. The van der Waals surface area contributed by atoms with Crippen molar-refractivity contribution in [1.29, 1.82) is 0 Å². The van der Waals surface area contributed by atoms with Crippen LogP contribution >= 0.6 is 11.6 Å². The molecule has 0 spiro atoms. The quantitative estimate of drug-likeness (QED) is 0.430. The first-order valence-electron chi connectivity index (χ1n) is 11.1. The Bertz CT molecular complexity index is 1450. The molecule has 1 fully saturated rings. The van der Waals surface area contributed by atoms with Crippen molar-refractivity contribution in [3.05, 3.63) is 63.9 Å². The average molecular weight is 494 g/mol. The van der Waals surface area contributed by atoms with Crippen molar-refractivity contribution in [3.63, 3.8) is 0 Å². The second-order valence-corrected chi connectivity index (χ2v) is 8.70. The predicted octanol–water partition coefficient (Wildman–Crippen LogP) is 2.62.